The number of benzene rings is 1. The molecule has 3 atom stereocenters. The van der Waals surface area contributed by atoms with E-state index in [1.807, 2.05) is 12.1 Å². The van der Waals surface area contributed by atoms with E-state index in [0.717, 1.165) is 47.7 Å². The summed E-state index contributed by atoms with van der Waals surface area (Å²) < 4.78 is 6.81. The number of nitrogens with one attached hydrogen (secondary N) is 1. The van der Waals surface area contributed by atoms with Crippen molar-refractivity contribution in [2.75, 3.05) is 13.1 Å². The SMILES string of the molecule is O=C(CN1CC2(CC2)c2cc(Br)ccc2C1=O)NC1CC2CCC1O2. The van der Waals surface area contributed by atoms with Crippen molar-refractivity contribution >= 4 is 27.7 Å². The first-order chi connectivity index (χ1) is 12.0. The van der Waals surface area contributed by atoms with Gasteiger partial charge in [-0.05, 0) is 55.9 Å². The van der Waals surface area contributed by atoms with E-state index in [-0.39, 0.29) is 35.9 Å². The maximum Gasteiger partial charge on any atom is 0.254 e. The molecule has 1 aromatic carbocycles. The number of amides is 2. The van der Waals surface area contributed by atoms with Crippen LogP contribution in [0.15, 0.2) is 22.7 Å². The van der Waals surface area contributed by atoms with Crippen LogP contribution < -0.4 is 5.32 Å². The number of ether oxygens (including phenoxy) is 1. The van der Waals surface area contributed by atoms with E-state index in [4.69, 9.17) is 4.74 Å². The van der Waals surface area contributed by atoms with Gasteiger partial charge in [0.2, 0.25) is 5.91 Å². The highest BCUT2D eigenvalue weighted by Gasteiger charge is 2.51. The van der Waals surface area contributed by atoms with E-state index in [9.17, 15) is 9.59 Å². The number of hydrogen-bond donors (Lipinski definition) is 1. The van der Waals surface area contributed by atoms with E-state index in [0.29, 0.717) is 12.6 Å². The minimum absolute atomic E-state index is 0.0284. The number of rotatable bonds is 3. The molecule has 5 nitrogen and oxygen atoms in total. The van der Waals surface area contributed by atoms with Gasteiger partial charge in [-0.25, -0.2) is 0 Å². The summed E-state index contributed by atoms with van der Waals surface area (Å²) in [5.41, 5.74) is 1.95. The fourth-order valence-electron chi connectivity index (χ4n) is 4.76. The summed E-state index contributed by atoms with van der Waals surface area (Å²) in [5.74, 6) is -0.0924. The quantitative estimate of drug-likeness (QED) is 0.840. The van der Waals surface area contributed by atoms with E-state index >= 15 is 0 Å². The van der Waals surface area contributed by atoms with Crippen molar-refractivity contribution in [3.05, 3.63) is 33.8 Å². The number of hydrogen-bond acceptors (Lipinski definition) is 3. The molecule has 1 aromatic rings. The summed E-state index contributed by atoms with van der Waals surface area (Å²) in [6, 6.07) is 5.98. The van der Waals surface area contributed by atoms with E-state index in [1.54, 1.807) is 4.90 Å². The van der Waals surface area contributed by atoms with Crippen LogP contribution in [0.1, 0.15) is 48.0 Å². The van der Waals surface area contributed by atoms with E-state index in [2.05, 4.69) is 27.3 Å². The van der Waals surface area contributed by atoms with Crippen LogP contribution in [-0.2, 0) is 14.9 Å². The molecule has 1 spiro atoms. The minimum Gasteiger partial charge on any atom is -0.373 e. The van der Waals surface area contributed by atoms with Crippen LogP contribution in [0.4, 0.5) is 0 Å². The zero-order valence-corrected chi connectivity index (χ0v) is 15.5. The predicted octanol–water partition coefficient (Wildman–Crippen LogP) is 2.37. The van der Waals surface area contributed by atoms with Crippen molar-refractivity contribution in [3.8, 4) is 0 Å². The molecule has 1 saturated carbocycles. The zero-order chi connectivity index (χ0) is 17.2. The summed E-state index contributed by atoms with van der Waals surface area (Å²) in [6.45, 7) is 0.792. The van der Waals surface area contributed by atoms with Crippen molar-refractivity contribution in [1.82, 2.24) is 10.2 Å². The van der Waals surface area contributed by atoms with Crippen molar-refractivity contribution < 1.29 is 14.3 Å². The molecule has 2 saturated heterocycles. The normalized spacial score (nSPS) is 31.3. The molecule has 0 aromatic heterocycles. The molecule has 1 N–H and O–H groups in total. The van der Waals surface area contributed by atoms with Gasteiger partial charge in [0.15, 0.2) is 0 Å². The Labute approximate surface area is 155 Å². The molecule has 3 unspecified atom stereocenters. The summed E-state index contributed by atoms with van der Waals surface area (Å²) in [7, 11) is 0. The first-order valence-corrected chi connectivity index (χ1v) is 9.87. The van der Waals surface area contributed by atoms with Crippen molar-refractivity contribution in [2.24, 2.45) is 0 Å². The molecule has 0 radical (unpaired) electrons. The molecule has 3 heterocycles. The molecule has 5 rings (SSSR count). The van der Waals surface area contributed by atoms with Crippen LogP contribution >= 0.6 is 15.9 Å². The van der Waals surface area contributed by atoms with Gasteiger partial charge in [0.25, 0.3) is 5.91 Å². The Bertz CT molecular complexity index is 761. The van der Waals surface area contributed by atoms with Gasteiger partial charge in [-0.2, -0.15) is 0 Å². The molecule has 2 bridgehead atoms. The highest BCUT2D eigenvalue weighted by molar-refractivity contribution is 9.10. The Hall–Kier alpha value is -1.40. The topological polar surface area (TPSA) is 58.6 Å². The van der Waals surface area contributed by atoms with Crippen molar-refractivity contribution in [2.45, 2.75) is 55.8 Å². The molecular weight excluding hydrogens is 384 g/mol. The zero-order valence-electron chi connectivity index (χ0n) is 14.0. The Morgan fingerprint density at radius 1 is 1.36 bits per heavy atom. The third-order valence-corrected chi connectivity index (χ3v) is 6.70. The number of carbonyl (C=O) groups excluding carboxylic acids is 2. The lowest BCUT2D eigenvalue weighted by Gasteiger charge is -2.35. The van der Waals surface area contributed by atoms with Gasteiger partial charge in [0.1, 0.15) is 0 Å². The molecule has 3 aliphatic heterocycles. The third kappa shape index (κ3) is 2.61. The van der Waals surface area contributed by atoms with Gasteiger partial charge in [-0.1, -0.05) is 15.9 Å². The Morgan fingerprint density at radius 2 is 2.20 bits per heavy atom. The second-order valence-electron chi connectivity index (χ2n) is 7.92. The Balaban J connectivity index is 1.31. The molecule has 2 amide bonds. The van der Waals surface area contributed by atoms with Gasteiger partial charge in [-0.3, -0.25) is 9.59 Å². The molecule has 25 heavy (non-hydrogen) atoms. The van der Waals surface area contributed by atoms with Gasteiger partial charge in [0.05, 0.1) is 24.8 Å². The summed E-state index contributed by atoms with van der Waals surface area (Å²) in [5, 5.41) is 3.09. The largest absolute Gasteiger partial charge is 0.373 e. The summed E-state index contributed by atoms with van der Waals surface area (Å²) in [6.07, 6.45) is 5.70. The van der Waals surface area contributed by atoms with Crippen LogP contribution in [0.3, 0.4) is 0 Å². The second kappa shape index (κ2) is 5.55. The van der Waals surface area contributed by atoms with Gasteiger partial charge >= 0.3 is 0 Å². The maximum atomic E-state index is 12.8. The van der Waals surface area contributed by atoms with Crippen LogP contribution in [-0.4, -0.2) is 48.1 Å². The first-order valence-electron chi connectivity index (χ1n) is 9.08. The monoisotopic (exact) mass is 404 g/mol. The average Bonchev–Trinajstić information content (AvgIpc) is 3.04. The Kier molecular flexibility index (Phi) is 3.51. The summed E-state index contributed by atoms with van der Waals surface area (Å²) >= 11 is 3.51. The summed E-state index contributed by atoms with van der Waals surface area (Å²) in [4.78, 5) is 27.1. The number of halogens is 1. The molecule has 132 valence electrons. The average molecular weight is 405 g/mol. The maximum absolute atomic E-state index is 12.8. The molecule has 6 heteroatoms. The van der Waals surface area contributed by atoms with Crippen molar-refractivity contribution in [3.63, 3.8) is 0 Å². The minimum atomic E-state index is -0.0640. The van der Waals surface area contributed by atoms with Gasteiger partial charge in [0, 0.05) is 22.0 Å². The molecule has 1 aliphatic carbocycles. The highest BCUT2D eigenvalue weighted by atomic mass is 79.9. The van der Waals surface area contributed by atoms with Crippen LogP contribution in [0, 0.1) is 0 Å². The lowest BCUT2D eigenvalue weighted by molar-refractivity contribution is -0.123. The Morgan fingerprint density at radius 3 is 2.88 bits per heavy atom. The van der Waals surface area contributed by atoms with E-state index in [1.165, 1.54) is 0 Å². The van der Waals surface area contributed by atoms with Gasteiger partial charge in [-0.15, -0.1) is 0 Å². The lowest BCUT2D eigenvalue weighted by Crippen LogP contribution is -2.50. The molecule has 3 fully saturated rings. The van der Waals surface area contributed by atoms with Crippen LogP contribution in [0.2, 0.25) is 0 Å². The predicted molar refractivity (Wildman–Crippen MR) is 95.4 cm³/mol. The number of nitrogens with zero attached hydrogens (tertiary/aromatic N) is 1. The van der Waals surface area contributed by atoms with Crippen molar-refractivity contribution in [1.29, 1.82) is 0 Å². The fourth-order valence-corrected chi connectivity index (χ4v) is 5.12. The number of fused-ring (bicyclic) bond motifs is 4. The number of carbonyl (C=O) groups is 2. The standard InChI is InChI=1S/C19H21BrN2O3/c20-11-1-3-13-14(7-11)19(5-6-19)10-22(18(13)24)9-17(23)21-15-8-12-2-4-16(15)25-12/h1,3,7,12,15-16H,2,4-6,8-10H2,(H,21,23). The third-order valence-electron chi connectivity index (χ3n) is 6.20. The smallest absolute Gasteiger partial charge is 0.254 e. The van der Waals surface area contributed by atoms with Crippen LogP contribution in [0.5, 0.6) is 0 Å². The lowest BCUT2D eigenvalue weighted by atomic mass is 9.86. The molecule has 4 aliphatic rings. The van der Waals surface area contributed by atoms with E-state index < -0.39 is 0 Å². The fraction of sp³-hybridized carbons (Fsp3) is 0.579. The first kappa shape index (κ1) is 15.8. The van der Waals surface area contributed by atoms with Crippen LogP contribution in [0.25, 0.3) is 0 Å². The second-order valence-corrected chi connectivity index (χ2v) is 8.83. The van der Waals surface area contributed by atoms with Gasteiger partial charge < -0.3 is 15.0 Å². The molecular formula is C19H21BrN2O3. The highest BCUT2D eigenvalue weighted by Crippen LogP contribution is 2.52.